The van der Waals surface area contributed by atoms with Gasteiger partial charge in [0.1, 0.15) is 0 Å². The van der Waals surface area contributed by atoms with Crippen molar-refractivity contribution >= 4 is 11.9 Å². The molecule has 0 saturated carbocycles. The number of nitrogens with one attached hydrogen (secondary N) is 1. The molecule has 0 heterocycles. The quantitative estimate of drug-likeness (QED) is 0.519. The van der Waals surface area contributed by atoms with Crippen molar-refractivity contribution in [2.45, 2.75) is 39.2 Å². The highest BCUT2D eigenvalue weighted by molar-refractivity contribution is 5.94. The molecule has 1 atom stereocenters. The molecule has 0 aliphatic carbocycles. The van der Waals surface area contributed by atoms with Crippen LogP contribution in [0.4, 0.5) is 0 Å². The van der Waals surface area contributed by atoms with Gasteiger partial charge in [-0.3, -0.25) is 4.79 Å². The Kier molecular flexibility index (Phi) is 9.14. The SMILES string of the molecule is CCCC(C)OC(=O)/C=C/C(=O)NCCc1ccc(OC)c(OC)c1. The molecule has 6 nitrogen and oxygen atoms in total. The predicted octanol–water partition coefficient (Wildman–Crippen LogP) is 2.65. The monoisotopic (exact) mass is 349 g/mol. The number of carbonyl (C=O) groups is 2. The summed E-state index contributed by atoms with van der Waals surface area (Å²) in [6, 6.07) is 5.60. The summed E-state index contributed by atoms with van der Waals surface area (Å²) in [5.74, 6) is 0.473. The summed E-state index contributed by atoms with van der Waals surface area (Å²) >= 11 is 0. The van der Waals surface area contributed by atoms with Gasteiger partial charge in [0.05, 0.1) is 20.3 Å². The molecule has 0 aliphatic heterocycles. The lowest BCUT2D eigenvalue weighted by molar-refractivity contribution is -0.142. The second-order valence-electron chi connectivity index (χ2n) is 5.60. The van der Waals surface area contributed by atoms with Crippen LogP contribution in [0.3, 0.4) is 0 Å². The summed E-state index contributed by atoms with van der Waals surface area (Å²) in [6.07, 6.45) is 4.58. The maximum Gasteiger partial charge on any atom is 0.331 e. The number of hydrogen-bond donors (Lipinski definition) is 1. The van der Waals surface area contributed by atoms with Crippen LogP contribution in [0.2, 0.25) is 0 Å². The molecule has 1 aromatic rings. The fraction of sp³-hybridized carbons (Fsp3) is 0.474. The van der Waals surface area contributed by atoms with Crippen molar-refractivity contribution in [2.24, 2.45) is 0 Å². The Labute approximate surface area is 149 Å². The van der Waals surface area contributed by atoms with Crippen molar-refractivity contribution in [3.8, 4) is 11.5 Å². The third-order valence-electron chi connectivity index (χ3n) is 3.54. The van der Waals surface area contributed by atoms with Crippen molar-refractivity contribution in [1.82, 2.24) is 5.32 Å². The first-order valence-corrected chi connectivity index (χ1v) is 8.37. The average Bonchev–Trinajstić information content (AvgIpc) is 2.60. The lowest BCUT2D eigenvalue weighted by atomic mass is 10.1. The van der Waals surface area contributed by atoms with Gasteiger partial charge in [-0.2, -0.15) is 0 Å². The molecule has 6 heteroatoms. The van der Waals surface area contributed by atoms with Crippen molar-refractivity contribution < 1.29 is 23.8 Å². The van der Waals surface area contributed by atoms with Crippen molar-refractivity contribution in [1.29, 1.82) is 0 Å². The summed E-state index contributed by atoms with van der Waals surface area (Å²) in [6.45, 7) is 4.30. The minimum atomic E-state index is -0.504. The van der Waals surface area contributed by atoms with E-state index in [0.29, 0.717) is 24.5 Å². The Hall–Kier alpha value is -2.50. The Morgan fingerprint density at radius 1 is 1.16 bits per heavy atom. The second-order valence-corrected chi connectivity index (χ2v) is 5.60. The Morgan fingerprint density at radius 2 is 1.88 bits per heavy atom. The summed E-state index contributed by atoms with van der Waals surface area (Å²) < 4.78 is 15.6. The zero-order valence-corrected chi connectivity index (χ0v) is 15.3. The molecule has 0 bridgehead atoms. The van der Waals surface area contributed by atoms with E-state index in [9.17, 15) is 9.59 Å². The zero-order chi connectivity index (χ0) is 18.7. The molecule has 0 aromatic heterocycles. The molecule has 0 spiro atoms. The van der Waals surface area contributed by atoms with Gasteiger partial charge in [-0.1, -0.05) is 19.4 Å². The maximum absolute atomic E-state index is 11.7. The average molecular weight is 349 g/mol. The van der Waals surface area contributed by atoms with Gasteiger partial charge < -0.3 is 19.5 Å². The molecule has 1 aromatic carbocycles. The van der Waals surface area contributed by atoms with E-state index in [1.165, 1.54) is 6.08 Å². The number of amides is 1. The van der Waals surface area contributed by atoms with Crippen LogP contribution in [0.5, 0.6) is 11.5 Å². The Morgan fingerprint density at radius 3 is 2.52 bits per heavy atom. The van der Waals surface area contributed by atoms with Crippen LogP contribution in [0.15, 0.2) is 30.4 Å². The van der Waals surface area contributed by atoms with Crippen molar-refractivity contribution in [3.63, 3.8) is 0 Å². The predicted molar refractivity (Wildman–Crippen MR) is 95.9 cm³/mol. The van der Waals surface area contributed by atoms with Gasteiger partial charge in [-0.05, 0) is 37.5 Å². The first kappa shape index (κ1) is 20.5. The fourth-order valence-electron chi connectivity index (χ4n) is 2.27. The highest BCUT2D eigenvalue weighted by Crippen LogP contribution is 2.27. The molecule has 0 saturated heterocycles. The first-order valence-electron chi connectivity index (χ1n) is 8.37. The van der Waals surface area contributed by atoms with Crippen LogP contribution in [-0.2, 0) is 20.7 Å². The van der Waals surface area contributed by atoms with Gasteiger partial charge in [0.25, 0.3) is 0 Å². The number of benzene rings is 1. The van der Waals surface area contributed by atoms with E-state index in [1.807, 2.05) is 32.0 Å². The smallest absolute Gasteiger partial charge is 0.331 e. The molecule has 0 aliphatic rings. The van der Waals surface area contributed by atoms with E-state index in [1.54, 1.807) is 14.2 Å². The largest absolute Gasteiger partial charge is 0.493 e. The lowest BCUT2D eigenvalue weighted by Crippen LogP contribution is -2.24. The molecule has 138 valence electrons. The Bertz CT molecular complexity index is 597. The van der Waals surface area contributed by atoms with Gasteiger partial charge in [0.15, 0.2) is 11.5 Å². The highest BCUT2D eigenvalue weighted by atomic mass is 16.5. The normalized spacial score (nSPS) is 11.8. The number of rotatable bonds is 10. The van der Waals surface area contributed by atoms with E-state index in [2.05, 4.69) is 5.32 Å². The summed E-state index contributed by atoms with van der Waals surface area (Å²) in [7, 11) is 3.16. The fourth-order valence-corrected chi connectivity index (χ4v) is 2.27. The van der Waals surface area contributed by atoms with E-state index in [0.717, 1.165) is 24.5 Å². The maximum atomic E-state index is 11.7. The van der Waals surface area contributed by atoms with Gasteiger partial charge >= 0.3 is 5.97 Å². The molecular weight excluding hydrogens is 322 g/mol. The second kappa shape index (κ2) is 11.1. The molecule has 25 heavy (non-hydrogen) atoms. The number of hydrogen-bond acceptors (Lipinski definition) is 5. The summed E-state index contributed by atoms with van der Waals surface area (Å²) in [5, 5.41) is 2.73. The third-order valence-corrected chi connectivity index (χ3v) is 3.54. The zero-order valence-electron chi connectivity index (χ0n) is 15.3. The third kappa shape index (κ3) is 7.74. The summed E-state index contributed by atoms with van der Waals surface area (Å²) in [4.78, 5) is 23.3. The lowest BCUT2D eigenvalue weighted by Gasteiger charge is -2.10. The minimum absolute atomic E-state index is 0.143. The van der Waals surface area contributed by atoms with Crippen LogP contribution in [0.1, 0.15) is 32.3 Å². The highest BCUT2D eigenvalue weighted by Gasteiger charge is 2.07. The van der Waals surface area contributed by atoms with Gasteiger partial charge in [-0.15, -0.1) is 0 Å². The standard InChI is InChI=1S/C19H27NO5/c1-5-6-14(2)25-19(22)10-9-18(21)20-12-11-15-7-8-16(23-3)17(13-15)24-4/h7-10,13-14H,5-6,11-12H2,1-4H3,(H,20,21)/b10-9+. The molecule has 0 fully saturated rings. The van der Waals surface area contributed by atoms with Crippen molar-refractivity contribution in [2.75, 3.05) is 20.8 Å². The number of esters is 1. The number of ether oxygens (including phenoxy) is 3. The molecule has 0 radical (unpaired) electrons. The summed E-state index contributed by atoms with van der Waals surface area (Å²) in [5.41, 5.74) is 1.01. The Balaban J connectivity index is 2.39. The van der Waals surface area contributed by atoms with Crippen LogP contribution in [-0.4, -0.2) is 38.7 Å². The number of methoxy groups -OCH3 is 2. The van der Waals surface area contributed by atoms with Crippen molar-refractivity contribution in [3.05, 3.63) is 35.9 Å². The van der Waals surface area contributed by atoms with E-state index in [-0.39, 0.29) is 12.0 Å². The number of carbonyl (C=O) groups excluding carboxylic acids is 2. The molecule has 1 N–H and O–H groups in total. The van der Waals surface area contributed by atoms with E-state index in [4.69, 9.17) is 14.2 Å². The van der Waals surface area contributed by atoms with E-state index < -0.39 is 5.97 Å². The topological polar surface area (TPSA) is 73.9 Å². The van der Waals surface area contributed by atoms with Crippen LogP contribution in [0, 0.1) is 0 Å². The molecule has 1 unspecified atom stereocenters. The molecule has 1 amide bonds. The molecule has 1 rings (SSSR count). The van der Waals surface area contributed by atoms with Gasteiger partial charge in [0.2, 0.25) is 5.91 Å². The van der Waals surface area contributed by atoms with Crippen LogP contribution >= 0.6 is 0 Å². The van der Waals surface area contributed by atoms with Gasteiger partial charge in [-0.25, -0.2) is 4.79 Å². The van der Waals surface area contributed by atoms with E-state index >= 15 is 0 Å². The first-order chi connectivity index (χ1) is 12.0. The van der Waals surface area contributed by atoms with Crippen LogP contribution in [0.25, 0.3) is 0 Å². The van der Waals surface area contributed by atoms with Crippen LogP contribution < -0.4 is 14.8 Å². The molecular formula is C19H27NO5. The van der Waals surface area contributed by atoms with Gasteiger partial charge in [0, 0.05) is 18.7 Å². The minimum Gasteiger partial charge on any atom is -0.493 e.